The molecule has 0 bridgehead atoms. The lowest BCUT2D eigenvalue weighted by molar-refractivity contribution is -0.117. The Morgan fingerprint density at radius 2 is 2.23 bits per heavy atom. The van der Waals surface area contributed by atoms with Crippen molar-refractivity contribution in [1.82, 2.24) is 9.88 Å². The monoisotopic (exact) mass is 297 g/mol. The van der Waals surface area contributed by atoms with Gasteiger partial charge >= 0.3 is 0 Å². The van der Waals surface area contributed by atoms with Gasteiger partial charge in [-0.1, -0.05) is 6.07 Å². The molecule has 2 aliphatic heterocycles. The van der Waals surface area contributed by atoms with Crippen molar-refractivity contribution in [2.45, 2.75) is 19.4 Å². The SMILES string of the molecule is O=C1C[C@@]2(CCN(Cc3ccoc3)C2)CN1c1ccccn1. The number of hydrogen-bond acceptors (Lipinski definition) is 4. The molecule has 2 saturated heterocycles. The van der Waals surface area contributed by atoms with Crippen LogP contribution in [0.2, 0.25) is 0 Å². The fourth-order valence-corrected chi connectivity index (χ4v) is 3.69. The number of rotatable bonds is 3. The van der Waals surface area contributed by atoms with Crippen molar-refractivity contribution in [2.75, 3.05) is 24.5 Å². The van der Waals surface area contributed by atoms with Crippen LogP contribution in [0, 0.1) is 5.41 Å². The predicted octanol–water partition coefficient (Wildman–Crippen LogP) is 2.30. The molecule has 4 heterocycles. The summed E-state index contributed by atoms with van der Waals surface area (Å²) in [5, 5.41) is 0. The van der Waals surface area contributed by atoms with Crippen LogP contribution in [0.1, 0.15) is 18.4 Å². The van der Waals surface area contributed by atoms with Crippen LogP contribution in [0.15, 0.2) is 47.4 Å². The summed E-state index contributed by atoms with van der Waals surface area (Å²) < 4.78 is 5.14. The van der Waals surface area contributed by atoms with E-state index in [4.69, 9.17) is 4.42 Å². The molecular weight excluding hydrogens is 278 g/mol. The second kappa shape index (κ2) is 5.25. The second-order valence-corrected chi connectivity index (χ2v) is 6.44. The summed E-state index contributed by atoms with van der Waals surface area (Å²) >= 11 is 0. The van der Waals surface area contributed by atoms with E-state index in [1.807, 2.05) is 29.2 Å². The lowest BCUT2D eigenvalue weighted by Gasteiger charge is -2.23. The van der Waals surface area contributed by atoms with Crippen molar-refractivity contribution in [3.63, 3.8) is 0 Å². The van der Waals surface area contributed by atoms with Crippen LogP contribution in [-0.4, -0.2) is 35.4 Å². The van der Waals surface area contributed by atoms with Crippen LogP contribution in [0.3, 0.4) is 0 Å². The second-order valence-electron chi connectivity index (χ2n) is 6.44. The number of carbonyl (C=O) groups excluding carboxylic acids is 1. The first-order valence-corrected chi connectivity index (χ1v) is 7.69. The Hall–Kier alpha value is -2.14. The quantitative estimate of drug-likeness (QED) is 0.872. The molecule has 2 fully saturated rings. The Balaban J connectivity index is 1.46. The van der Waals surface area contributed by atoms with E-state index in [9.17, 15) is 4.79 Å². The normalized spacial score (nSPS) is 25.5. The van der Waals surface area contributed by atoms with Crippen LogP contribution in [-0.2, 0) is 11.3 Å². The molecule has 22 heavy (non-hydrogen) atoms. The van der Waals surface area contributed by atoms with E-state index in [1.165, 1.54) is 5.56 Å². The number of amides is 1. The molecule has 5 nitrogen and oxygen atoms in total. The Labute approximate surface area is 129 Å². The Bertz CT molecular complexity index is 656. The van der Waals surface area contributed by atoms with Gasteiger partial charge in [-0.3, -0.25) is 14.6 Å². The Morgan fingerprint density at radius 1 is 1.27 bits per heavy atom. The van der Waals surface area contributed by atoms with Gasteiger partial charge < -0.3 is 4.42 Å². The highest BCUT2D eigenvalue weighted by Crippen LogP contribution is 2.41. The summed E-state index contributed by atoms with van der Waals surface area (Å²) in [7, 11) is 0. The summed E-state index contributed by atoms with van der Waals surface area (Å²) in [6, 6.07) is 7.72. The average molecular weight is 297 g/mol. The van der Waals surface area contributed by atoms with Crippen LogP contribution < -0.4 is 4.90 Å². The Morgan fingerprint density at radius 3 is 3.00 bits per heavy atom. The van der Waals surface area contributed by atoms with E-state index in [0.29, 0.717) is 6.42 Å². The predicted molar refractivity (Wildman–Crippen MR) is 82.2 cm³/mol. The molecule has 1 spiro atoms. The average Bonchev–Trinajstić information content (AvgIpc) is 3.23. The number of anilines is 1. The zero-order chi connectivity index (χ0) is 15.0. The molecule has 0 radical (unpaired) electrons. The highest BCUT2D eigenvalue weighted by Gasteiger charge is 2.47. The summed E-state index contributed by atoms with van der Waals surface area (Å²) in [6.07, 6.45) is 6.95. The zero-order valence-electron chi connectivity index (χ0n) is 12.4. The number of carbonyl (C=O) groups is 1. The molecule has 0 unspecified atom stereocenters. The molecule has 2 aromatic rings. The van der Waals surface area contributed by atoms with Crippen LogP contribution in [0.5, 0.6) is 0 Å². The van der Waals surface area contributed by atoms with Gasteiger partial charge in [0.25, 0.3) is 0 Å². The van der Waals surface area contributed by atoms with Crippen molar-refractivity contribution in [1.29, 1.82) is 0 Å². The van der Waals surface area contributed by atoms with Crippen molar-refractivity contribution in [3.8, 4) is 0 Å². The summed E-state index contributed by atoms with van der Waals surface area (Å²) in [5.74, 6) is 0.974. The van der Waals surface area contributed by atoms with Crippen molar-refractivity contribution < 1.29 is 9.21 Å². The summed E-state index contributed by atoms with van der Waals surface area (Å²) in [6.45, 7) is 3.68. The molecule has 2 aromatic heterocycles. The van der Waals surface area contributed by atoms with E-state index in [0.717, 1.165) is 38.4 Å². The van der Waals surface area contributed by atoms with Gasteiger partial charge in [-0.2, -0.15) is 0 Å². The number of aromatic nitrogens is 1. The molecule has 4 rings (SSSR count). The third-order valence-electron chi connectivity index (χ3n) is 4.75. The minimum atomic E-state index is 0.0817. The van der Waals surface area contributed by atoms with Crippen molar-refractivity contribution in [3.05, 3.63) is 48.6 Å². The van der Waals surface area contributed by atoms with E-state index in [-0.39, 0.29) is 11.3 Å². The standard InChI is InChI=1S/C17H19N3O2/c21-16-9-17(13-20(16)15-3-1-2-6-18-15)5-7-19(12-17)10-14-4-8-22-11-14/h1-4,6,8,11H,5,7,9-10,12-13H2/t17-/m1/s1. The fourth-order valence-electron chi connectivity index (χ4n) is 3.69. The number of hydrogen-bond donors (Lipinski definition) is 0. The topological polar surface area (TPSA) is 49.6 Å². The molecule has 1 atom stereocenters. The summed E-state index contributed by atoms with van der Waals surface area (Å²) in [5.41, 5.74) is 1.28. The van der Waals surface area contributed by atoms with E-state index >= 15 is 0 Å². The molecule has 2 aliphatic rings. The van der Waals surface area contributed by atoms with Gasteiger partial charge in [0.2, 0.25) is 5.91 Å². The van der Waals surface area contributed by atoms with Gasteiger partial charge in [-0.25, -0.2) is 4.98 Å². The maximum atomic E-state index is 12.4. The first-order chi connectivity index (χ1) is 10.7. The van der Waals surface area contributed by atoms with Crippen LogP contribution in [0.4, 0.5) is 5.82 Å². The summed E-state index contributed by atoms with van der Waals surface area (Å²) in [4.78, 5) is 21.0. The maximum Gasteiger partial charge on any atom is 0.228 e. The molecule has 114 valence electrons. The fraction of sp³-hybridized carbons (Fsp3) is 0.412. The van der Waals surface area contributed by atoms with Gasteiger partial charge in [-0.05, 0) is 31.2 Å². The number of likely N-dealkylation sites (tertiary alicyclic amines) is 1. The molecule has 1 amide bonds. The van der Waals surface area contributed by atoms with Gasteiger partial charge in [0.15, 0.2) is 0 Å². The Kier molecular flexibility index (Phi) is 3.22. The van der Waals surface area contributed by atoms with Crippen molar-refractivity contribution >= 4 is 11.7 Å². The molecular formula is C17H19N3O2. The lowest BCUT2D eigenvalue weighted by atomic mass is 9.86. The number of nitrogens with zero attached hydrogens (tertiary/aromatic N) is 3. The third-order valence-corrected chi connectivity index (χ3v) is 4.75. The molecule has 0 aromatic carbocycles. The highest BCUT2D eigenvalue weighted by atomic mass is 16.3. The van der Waals surface area contributed by atoms with Gasteiger partial charge in [0.1, 0.15) is 5.82 Å². The first kappa shape index (κ1) is 13.5. The number of pyridine rings is 1. The largest absolute Gasteiger partial charge is 0.472 e. The molecule has 0 saturated carbocycles. The maximum absolute atomic E-state index is 12.4. The van der Waals surface area contributed by atoms with E-state index in [2.05, 4.69) is 9.88 Å². The lowest BCUT2D eigenvalue weighted by Crippen LogP contribution is -2.31. The van der Waals surface area contributed by atoms with Crippen molar-refractivity contribution in [2.24, 2.45) is 5.41 Å². The number of furan rings is 1. The van der Waals surface area contributed by atoms with Gasteiger partial charge in [0, 0.05) is 43.2 Å². The first-order valence-electron chi connectivity index (χ1n) is 7.69. The van der Waals surface area contributed by atoms with E-state index in [1.54, 1.807) is 18.7 Å². The van der Waals surface area contributed by atoms with Crippen LogP contribution in [0.25, 0.3) is 0 Å². The minimum Gasteiger partial charge on any atom is -0.472 e. The smallest absolute Gasteiger partial charge is 0.228 e. The molecule has 0 N–H and O–H groups in total. The molecule has 0 aliphatic carbocycles. The highest BCUT2D eigenvalue weighted by molar-refractivity contribution is 5.95. The van der Waals surface area contributed by atoms with Gasteiger partial charge in [0.05, 0.1) is 12.5 Å². The zero-order valence-corrected chi connectivity index (χ0v) is 12.4. The minimum absolute atomic E-state index is 0.0817. The van der Waals surface area contributed by atoms with Crippen LogP contribution >= 0.6 is 0 Å². The van der Waals surface area contributed by atoms with E-state index < -0.39 is 0 Å². The molecule has 5 heteroatoms. The third kappa shape index (κ3) is 2.41. The van der Waals surface area contributed by atoms with Gasteiger partial charge in [-0.15, -0.1) is 0 Å².